The minimum Gasteiger partial charge on any atom is -0.396 e. The second-order valence-electron chi connectivity index (χ2n) is 4.59. The lowest BCUT2D eigenvalue weighted by molar-refractivity contribution is 0.0820. The third-order valence-corrected chi connectivity index (χ3v) is 2.83. The maximum absolute atomic E-state index is 9.40. The maximum Gasteiger partial charge on any atom is 0.0497 e. The van der Waals surface area contributed by atoms with E-state index in [1.54, 1.807) is 0 Å². The molecule has 1 N–H and O–H groups in total. The molecule has 0 saturated carbocycles. The third kappa shape index (κ3) is 4.97. The zero-order valence-corrected chi connectivity index (χ0v) is 10.3. The standard InChI is InChI=1S/C12H27NO/c1-5-8-12(4,11-14)10-13(7-3)9-6-2/h14H,5-11H2,1-4H3. The van der Waals surface area contributed by atoms with Gasteiger partial charge in [-0.15, -0.1) is 0 Å². The van der Waals surface area contributed by atoms with Crippen LogP contribution in [0.25, 0.3) is 0 Å². The average molecular weight is 201 g/mol. The SMILES string of the molecule is CCCN(CC)CC(C)(CO)CCC. The summed E-state index contributed by atoms with van der Waals surface area (Å²) in [6.45, 7) is 12.3. The summed E-state index contributed by atoms with van der Waals surface area (Å²) in [7, 11) is 0. The molecule has 0 heterocycles. The van der Waals surface area contributed by atoms with Crippen LogP contribution in [0.3, 0.4) is 0 Å². The van der Waals surface area contributed by atoms with Crippen LogP contribution in [0.2, 0.25) is 0 Å². The van der Waals surface area contributed by atoms with E-state index < -0.39 is 0 Å². The van der Waals surface area contributed by atoms with Gasteiger partial charge in [-0.2, -0.15) is 0 Å². The molecule has 1 atom stereocenters. The van der Waals surface area contributed by atoms with Gasteiger partial charge in [0.1, 0.15) is 0 Å². The number of hydrogen-bond acceptors (Lipinski definition) is 2. The highest BCUT2D eigenvalue weighted by Gasteiger charge is 2.24. The van der Waals surface area contributed by atoms with Gasteiger partial charge in [0, 0.05) is 18.6 Å². The monoisotopic (exact) mass is 201 g/mol. The van der Waals surface area contributed by atoms with Crippen LogP contribution in [-0.2, 0) is 0 Å². The van der Waals surface area contributed by atoms with Crippen LogP contribution in [0, 0.1) is 5.41 Å². The first-order valence-electron chi connectivity index (χ1n) is 5.95. The van der Waals surface area contributed by atoms with Crippen molar-refractivity contribution in [1.82, 2.24) is 4.90 Å². The molecular weight excluding hydrogens is 174 g/mol. The van der Waals surface area contributed by atoms with Crippen molar-refractivity contribution in [1.29, 1.82) is 0 Å². The van der Waals surface area contributed by atoms with E-state index in [1.165, 1.54) is 6.42 Å². The molecular formula is C12H27NO. The molecule has 0 rings (SSSR count). The second-order valence-corrected chi connectivity index (χ2v) is 4.59. The highest BCUT2D eigenvalue weighted by Crippen LogP contribution is 2.23. The summed E-state index contributed by atoms with van der Waals surface area (Å²) in [6.07, 6.45) is 3.46. The van der Waals surface area contributed by atoms with Crippen LogP contribution in [0.15, 0.2) is 0 Å². The summed E-state index contributed by atoms with van der Waals surface area (Å²) in [5.41, 5.74) is 0.0972. The smallest absolute Gasteiger partial charge is 0.0497 e. The summed E-state index contributed by atoms with van der Waals surface area (Å²) < 4.78 is 0. The highest BCUT2D eigenvalue weighted by atomic mass is 16.3. The fourth-order valence-electron chi connectivity index (χ4n) is 2.02. The van der Waals surface area contributed by atoms with Crippen molar-refractivity contribution in [3.63, 3.8) is 0 Å². The Balaban J connectivity index is 4.11. The maximum atomic E-state index is 9.40. The van der Waals surface area contributed by atoms with Crippen LogP contribution >= 0.6 is 0 Å². The first kappa shape index (κ1) is 13.9. The van der Waals surface area contributed by atoms with Crippen molar-refractivity contribution in [3.8, 4) is 0 Å². The van der Waals surface area contributed by atoms with Gasteiger partial charge in [0.05, 0.1) is 0 Å². The lowest BCUT2D eigenvalue weighted by atomic mass is 9.86. The quantitative estimate of drug-likeness (QED) is 0.652. The Kier molecular flexibility index (Phi) is 7.20. The molecule has 0 aromatic rings. The fourth-order valence-corrected chi connectivity index (χ4v) is 2.02. The molecule has 0 spiro atoms. The highest BCUT2D eigenvalue weighted by molar-refractivity contribution is 4.77. The van der Waals surface area contributed by atoms with E-state index in [0.29, 0.717) is 6.61 Å². The fraction of sp³-hybridized carbons (Fsp3) is 1.00. The number of aliphatic hydroxyl groups excluding tert-OH is 1. The van der Waals surface area contributed by atoms with Gasteiger partial charge in [-0.3, -0.25) is 0 Å². The number of nitrogens with zero attached hydrogens (tertiary/aromatic N) is 1. The van der Waals surface area contributed by atoms with Crippen molar-refractivity contribution in [2.24, 2.45) is 5.41 Å². The molecule has 86 valence electrons. The zero-order chi connectivity index (χ0) is 11.0. The van der Waals surface area contributed by atoms with Crippen LogP contribution in [0.1, 0.15) is 47.0 Å². The Bertz CT molecular complexity index is 138. The Morgan fingerprint density at radius 2 is 1.79 bits per heavy atom. The lowest BCUT2D eigenvalue weighted by Gasteiger charge is -2.33. The molecule has 2 heteroatoms. The van der Waals surface area contributed by atoms with Gasteiger partial charge in [-0.05, 0) is 25.9 Å². The largest absolute Gasteiger partial charge is 0.396 e. The van der Waals surface area contributed by atoms with Crippen molar-refractivity contribution in [2.75, 3.05) is 26.2 Å². The van der Waals surface area contributed by atoms with Gasteiger partial charge in [-0.25, -0.2) is 0 Å². The van der Waals surface area contributed by atoms with Crippen LogP contribution in [0.4, 0.5) is 0 Å². The summed E-state index contributed by atoms with van der Waals surface area (Å²) in [4.78, 5) is 2.44. The molecule has 0 aliphatic carbocycles. The van der Waals surface area contributed by atoms with Gasteiger partial charge >= 0.3 is 0 Å². The Labute approximate surface area is 89.3 Å². The van der Waals surface area contributed by atoms with Crippen LogP contribution < -0.4 is 0 Å². The minimum atomic E-state index is 0.0972. The normalized spacial score (nSPS) is 15.9. The molecule has 0 aromatic heterocycles. The molecule has 0 aliphatic heterocycles. The van der Waals surface area contributed by atoms with E-state index in [-0.39, 0.29) is 5.41 Å². The molecule has 0 fully saturated rings. The number of aliphatic hydroxyl groups is 1. The van der Waals surface area contributed by atoms with Gasteiger partial charge in [0.25, 0.3) is 0 Å². The predicted molar refractivity (Wildman–Crippen MR) is 62.5 cm³/mol. The number of hydrogen-bond donors (Lipinski definition) is 1. The summed E-state index contributed by atoms with van der Waals surface area (Å²) in [5.74, 6) is 0. The summed E-state index contributed by atoms with van der Waals surface area (Å²) in [5, 5.41) is 9.40. The molecule has 0 aromatic carbocycles. The second kappa shape index (κ2) is 7.24. The zero-order valence-electron chi connectivity index (χ0n) is 10.3. The molecule has 0 amide bonds. The third-order valence-electron chi connectivity index (χ3n) is 2.83. The van der Waals surface area contributed by atoms with E-state index in [0.717, 1.165) is 32.5 Å². The molecule has 0 radical (unpaired) electrons. The number of rotatable bonds is 8. The topological polar surface area (TPSA) is 23.5 Å². The molecule has 2 nitrogen and oxygen atoms in total. The van der Waals surface area contributed by atoms with Crippen molar-refractivity contribution >= 4 is 0 Å². The van der Waals surface area contributed by atoms with E-state index in [2.05, 4.69) is 32.6 Å². The Morgan fingerprint density at radius 1 is 1.14 bits per heavy atom. The molecule has 1 unspecified atom stereocenters. The van der Waals surface area contributed by atoms with Gasteiger partial charge < -0.3 is 10.0 Å². The van der Waals surface area contributed by atoms with Crippen molar-refractivity contribution in [2.45, 2.75) is 47.0 Å². The first-order chi connectivity index (χ1) is 6.61. The van der Waals surface area contributed by atoms with Crippen molar-refractivity contribution in [3.05, 3.63) is 0 Å². The average Bonchev–Trinajstić information content (AvgIpc) is 2.17. The van der Waals surface area contributed by atoms with Gasteiger partial charge in [0.15, 0.2) is 0 Å². The van der Waals surface area contributed by atoms with E-state index >= 15 is 0 Å². The van der Waals surface area contributed by atoms with E-state index in [9.17, 15) is 5.11 Å². The van der Waals surface area contributed by atoms with Crippen LogP contribution in [-0.4, -0.2) is 36.2 Å². The Morgan fingerprint density at radius 3 is 2.14 bits per heavy atom. The van der Waals surface area contributed by atoms with Gasteiger partial charge in [0.2, 0.25) is 0 Å². The molecule has 0 aliphatic rings. The van der Waals surface area contributed by atoms with Crippen LogP contribution in [0.5, 0.6) is 0 Å². The summed E-state index contributed by atoms with van der Waals surface area (Å²) >= 11 is 0. The molecule has 0 bridgehead atoms. The van der Waals surface area contributed by atoms with Gasteiger partial charge in [-0.1, -0.05) is 34.1 Å². The predicted octanol–water partition coefficient (Wildman–Crippen LogP) is 2.52. The molecule has 14 heavy (non-hydrogen) atoms. The Hall–Kier alpha value is -0.0800. The van der Waals surface area contributed by atoms with E-state index in [1.807, 2.05) is 0 Å². The molecule has 0 saturated heterocycles. The van der Waals surface area contributed by atoms with E-state index in [4.69, 9.17) is 0 Å². The van der Waals surface area contributed by atoms with Crippen molar-refractivity contribution < 1.29 is 5.11 Å². The lowest BCUT2D eigenvalue weighted by Crippen LogP contribution is -2.38. The minimum absolute atomic E-state index is 0.0972. The summed E-state index contributed by atoms with van der Waals surface area (Å²) in [6, 6.07) is 0. The first-order valence-corrected chi connectivity index (χ1v) is 5.95.